The molecule has 1 aliphatic carbocycles. The second-order valence-corrected chi connectivity index (χ2v) is 12.1. The van der Waals surface area contributed by atoms with Gasteiger partial charge in [0.15, 0.2) is 9.84 Å². The number of halogens is 3. The number of sulfone groups is 1. The first kappa shape index (κ1) is 27.0. The molecule has 1 aliphatic heterocycles. The molecule has 0 radical (unpaired) electrons. The van der Waals surface area contributed by atoms with E-state index in [0.29, 0.717) is 17.9 Å². The average molecular weight is 560 g/mol. The summed E-state index contributed by atoms with van der Waals surface area (Å²) in [6, 6.07) is 13.0. The van der Waals surface area contributed by atoms with E-state index in [1.54, 1.807) is 23.1 Å². The lowest BCUT2D eigenvalue weighted by Crippen LogP contribution is -2.41. The van der Waals surface area contributed by atoms with Crippen molar-refractivity contribution >= 4 is 21.6 Å². The molecule has 3 aromatic rings. The van der Waals surface area contributed by atoms with E-state index < -0.39 is 27.0 Å². The zero-order valence-electron chi connectivity index (χ0n) is 21.5. The third-order valence-electron chi connectivity index (χ3n) is 7.54. The number of urea groups is 1. The van der Waals surface area contributed by atoms with E-state index in [9.17, 15) is 26.4 Å². The maximum Gasteiger partial charge on any atom is 0.417 e. The second kappa shape index (κ2) is 9.86. The number of pyridine rings is 1. The Bertz CT molecular complexity index is 1520. The van der Waals surface area contributed by atoms with E-state index in [0.717, 1.165) is 43.6 Å². The van der Waals surface area contributed by atoms with Crippen molar-refractivity contribution < 1.29 is 31.1 Å². The Morgan fingerprint density at radius 3 is 2.38 bits per heavy atom. The normalized spacial score (nSPS) is 16.4. The fourth-order valence-electron chi connectivity index (χ4n) is 5.54. The van der Waals surface area contributed by atoms with Crippen LogP contribution in [0.1, 0.15) is 42.5 Å². The van der Waals surface area contributed by atoms with E-state index in [2.05, 4.69) is 5.32 Å². The van der Waals surface area contributed by atoms with E-state index in [1.165, 1.54) is 37.4 Å². The summed E-state index contributed by atoms with van der Waals surface area (Å²) >= 11 is 0. The van der Waals surface area contributed by atoms with Crippen LogP contribution < -0.4 is 15.0 Å². The molecule has 1 aromatic heterocycles. The highest BCUT2D eigenvalue weighted by atomic mass is 32.2. The molecule has 2 heterocycles. The molecule has 7 nitrogen and oxygen atoms in total. The zero-order chi connectivity index (χ0) is 28.0. The summed E-state index contributed by atoms with van der Waals surface area (Å²) < 4.78 is 70.1. The molecule has 1 spiro atoms. The van der Waals surface area contributed by atoms with Crippen molar-refractivity contribution in [1.29, 1.82) is 0 Å². The van der Waals surface area contributed by atoms with Crippen molar-refractivity contribution in [2.45, 2.75) is 48.7 Å². The zero-order valence-corrected chi connectivity index (χ0v) is 22.3. The van der Waals surface area contributed by atoms with Crippen LogP contribution in [0.3, 0.4) is 0 Å². The number of carbonyl (C=O) groups is 1. The average Bonchev–Trinajstić information content (AvgIpc) is 3.51. The molecule has 2 aromatic carbocycles. The third kappa shape index (κ3) is 5.19. The van der Waals surface area contributed by atoms with Crippen LogP contribution in [-0.2, 0) is 28.0 Å². The van der Waals surface area contributed by atoms with E-state index in [1.807, 2.05) is 0 Å². The van der Waals surface area contributed by atoms with Crippen molar-refractivity contribution in [3.05, 3.63) is 71.4 Å². The van der Waals surface area contributed by atoms with Crippen molar-refractivity contribution in [2.24, 2.45) is 0 Å². The number of hydrogen-bond acceptors (Lipinski definition) is 5. The van der Waals surface area contributed by atoms with Gasteiger partial charge in [-0.25, -0.2) is 18.2 Å². The number of fused-ring (bicyclic) bond motifs is 2. The first-order chi connectivity index (χ1) is 18.4. The highest BCUT2D eigenvalue weighted by molar-refractivity contribution is 7.90. The Labute approximate surface area is 224 Å². The largest absolute Gasteiger partial charge is 0.497 e. The molecule has 0 atom stereocenters. The number of rotatable bonds is 5. The smallest absolute Gasteiger partial charge is 0.417 e. The number of benzene rings is 2. The number of methoxy groups -OCH3 is 1. The molecule has 1 saturated carbocycles. The molecular formula is C28H28F3N3O4S. The number of nitrogens with one attached hydrogen (secondary N) is 1. The summed E-state index contributed by atoms with van der Waals surface area (Å²) in [6.45, 7) is 0.584. The van der Waals surface area contributed by atoms with E-state index in [4.69, 9.17) is 9.72 Å². The van der Waals surface area contributed by atoms with E-state index in [-0.39, 0.29) is 34.5 Å². The molecule has 206 valence electrons. The van der Waals surface area contributed by atoms with Gasteiger partial charge in [-0.1, -0.05) is 25.0 Å². The van der Waals surface area contributed by atoms with Gasteiger partial charge in [-0.15, -0.1) is 0 Å². The summed E-state index contributed by atoms with van der Waals surface area (Å²) in [6.07, 6.45) is 0.0179. The predicted molar refractivity (Wildman–Crippen MR) is 141 cm³/mol. The number of hydrogen-bond donors (Lipinski definition) is 1. The molecule has 39 heavy (non-hydrogen) atoms. The van der Waals surface area contributed by atoms with Crippen LogP contribution in [0.25, 0.3) is 11.3 Å². The van der Waals surface area contributed by atoms with Gasteiger partial charge in [0.1, 0.15) is 5.75 Å². The SMILES string of the molecule is COc1ccc(-c2ccc3c(n2)C2(CCCC2)CN3C(=O)NCc2ccc(S(C)(=O)=O)cc2)c(C(F)(F)F)c1. The number of carbonyl (C=O) groups excluding carboxylic acids is 1. The minimum Gasteiger partial charge on any atom is -0.497 e. The predicted octanol–water partition coefficient (Wildman–Crippen LogP) is 5.72. The van der Waals surface area contributed by atoms with Crippen LogP contribution in [0.2, 0.25) is 0 Å². The fraction of sp³-hybridized carbons (Fsp3) is 0.357. The maximum absolute atomic E-state index is 13.9. The lowest BCUT2D eigenvalue weighted by Gasteiger charge is -2.24. The molecule has 2 amide bonds. The summed E-state index contributed by atoms with van der Waals surface area (Å²) in [5.74, 6) is 0.105. The van der Waals surface area contributed by atoms with Gasteiger partial charge in [0, 0.05) is 30.3 Å². The maximum atomic E-state index is 13.9. The van der Waals surface area contributed by atoms with Crippen molar-refractivity contribution in [3.8, 4) is 17.0 Å². The Morgan fingerprint density at radius 2 is 1.77 bits per heavy atom. The van der Waals surface area contributed by atoms with Gasteiger partial charge in [0.25, 0.3) is 0 Å². The summed E-state index contributed by atoms with van der Waals surface area (Å²) in [7, 11) is -2.00. The second-order valence-electron chi connectivity index (χ2n) is 10.1. The molecule has 0 bridgehead atoms. The summed E-state index contributed by atoms with van der Waals surface area (Å²) in [5, 5.41) is 2.88. The minimum absolute atomic E-state index is 0.0420. The first-order valence-electron chi connectivity index (χ1n) is 12.5. The number of nitrogens with zero attached hydrogens (tertiary/aromatic N) is 2. The van der Waals surface area contributed by atoms with Crippen LogP contribution in [0.4, 0.5) is 23.7 Å². The van der Waals surface area contributed by atoms with Crippen LogP contribution >= 0.6 is 0 Å². The molecular weight excluding hydrogens is 531 g/mol. The molecule has 11 heteroatoms. The molecule has 0 unspecified atom stereocenters. The highest BCUT2D eigenvalue weighted by Crippen LogP contribution is 2.50. The Hall–Kier alpha value is -3.60. The summed E-state index contributed by atoms with van der Waals surface area (Å²) in [4.78, 5) is 19.8. The van der Waals surface area contributed by atoms with Crippen LogP contribution in [0.15, 0.2) is 59.5 Å². The van der Waals surface area contributed by atoms with Gasteiger partial charge < -0.3 is 10.1 Å². The number of aromatic nitrogens is 1. The Balaban J connectivity index is 1.44. The quantitative estimate of drug-likeness (QED) is 0.432. The first-order valence-corrected chi connectivity index (χ1v) is 14.4. The van der Waals surface area contributed by atoms with Crippen molar-refractivity contribution in [1.82, 2.24) is 10.3 Å². The standard InChI is InChI=1S/C28H28F3N3O4S/c1-38-19-7-10-21(22(15-19)28(29,30)31)23-11-12-24-25(33-23)27(13-3-4-14-27)17-34(24)26(35)32-16-18-5-8-20(9-6-18)39(2,36)37/h5-12,15H,3-4,13-14,16-17H2,1-2H3,(H,32,35). The van der Waals surface area contributed by atoms with Gasteiger partial charge in [0.2, 0.25) is 0 Å². The van der Waals surface area contributed by atoms with Gasteiger partial charge in [-0.05, 0) is 60.9 Å². The molecule has 5 rings (SSSR count). The molecule has 1 fully saturated rings. The minimum atomic E-state index is -4.60. The third-order valence-corrected chi connectivity index (χ3v) is 8.67. The number of ether oxygens (including phenoxy) is 1. The number of amides is 2. The lowest BCUT2D eigenvalue weighted by atomic mass is 9.84. The molecule has 0 saturated heterocycles. The summed E-state index contributed by atoms with van der Waals surface area (Å²) in [5.41, 5.74) is 0.886. The highest BCUT2D eigenvalue weighted by Gasteiger charge is 2.48. The topological polar surface area (TPSA) is 88.6 Å². The van der Waals surface area contributed by atoms with E-state index >= 15 is 0 Å². The Kier molecular flexibility index (Phi) is 6.82. The van der Waals surface area contributed by atoms with Crippen LogP contribution in [-0.4, -0.2) is 39.3 Å². The fourth-order valence-corrected chi connectivity index (χ4v) is 6.17. The lowest BCUT2D eigenvalue weighted by molar-refractivity contribution is -0.137. The van der Waals surface area contributed by atoms with Gasteiger partial charge >= 0.3 is 12.2 Å². The van der Waals surface area contributed by atoms with Gasteiger partial charge in [0.05, 0.1) is 34.6 Å². The Morgan fingerprint density at radius 1 is 1.08 bits per heavy atom. The van der Waals surface area contributed by atoms with Crippen LogP contribution in [0, 0.1) is 0 Å². The number of alkyl halides is 3. The number of anilines is 1. The molecule has 1 N–H and O–H groups in total. The monoisotopic (exact) mass is 559 g/mol. The van der Waals surface area contributed by atoms with Crippen LogP contribution in [0.5, 0.6) is 5.75 Å². The van der Waals surface area contributed by atoms with Gasteiger partial charge in [-0.3, -0.25) is 4.90 Å². The van der Waals surface area contributed by atoms with Crippen molar-refractivity contribution in [3.63, 3.8) is 0 Å². The van der Waals surface area contributed by atoms with Crippen molar-refractivity contribution in [2.75, 3.05) is 24.8 Å². The molecule has 2 aliphatic rings. The van der Waals surface area contributed by atoms with Gasteiger partial charge in [-0.2, -0.15) is 13.2 Å².